The van der Waals surface area contributed by atoms with E-state index in [2.05, 4.69) is 4.98 Å². The molecule has 0 aliphatic rings. The normalized spacial score (nSPS) is 10.5. The summed E-state index contributed by atoms with van der Waals surface area (Å²) in [6, 6.07) is 14.3. The van der Waals surface area contributed by atoms with Gasteiger partial charge in [0.15, 0.2) is 11.5 Å². The maximum absolute atomic E-state index is 12.9. The minimum absolute atomic E-state index is 0.160. The second kappa shape index (κ2) is 10.3. The second-order valence-electron chi connectivity index (χ2n) is 6.61. The fraction of sp³-hybridized carbons (Fsp3) is 0.217. The zero-order valence-electron chi connectivity index (χ0n) is 16.8. The smallest absolute Gasteiger partial charge is 0.254 e. The highest BCUT2D eigenvalue weighted by atomic mass is 35.5. The molecule has 3 aromatic rings. The van der Waals surface area contributed by atoms with Gasteiger partial charge in [-0.1, -0.05) is 35.3 Å². The second-order valence-corrected chi connectivity index (χ2v) is 7.40. The third kappa shape index (κ3) is 5.43. The highest BCUT2D eigenvalue weighted by molar-refractivity contribution is 6.42. The van der Waals surface area contributed by atoms with E-state index in [9.17, 15) is 4.79 Å². The number of hydrogen-bond donors (Lipinski definition) is 0. The quantitative estimate of drug-likeness (QED) is 0.451. The molecule has 0 unspecified atom stereocenters. The molecule has 1 aromatic heterocycles. The topological polar surface area (TPSA) is 51.7 Å². The van der Waals surface area contributed by atoms with Crippen molar-refractivity contribution >= 4 is 29.1 Å². The number of pyridine rings is 1. The summed E-state index contributed by atoms with van der Waals surface area (Å²) < 4.78 is 11.6. The summed E-state index contributed by atoms with van der Waals surface area (Å²) in [6.07, 6.45) is 3.43. The summed E-state index contributed by atoms with van der Waals surface area (Å²) in [5.74, 6) is 0.935. The van der Waals surface area contributed by atoms with E-state index < -0.39 is 0 Å². The Labute approximate surface area is 186 Å². The zero-order chi connectivity index (χ0) is 21.5. The standard InChI is InChI=1S/C23H22Cl2N2O3/c1-3-29-21-13-17(7-8-20(21)30-15-16-9-11-26-12-10-16)23(28)27(2)14-18-5-4-6-19(24)22(18)25/h4-13H,3,14-15H2,1-2H3. The molecule has 0 saturated heterocycles. The van der Waals surface area contributed by atoms with Gasteiger partial charge in [-0.05, 0) is 54.4 Å². The highest BCUT2D eigenvalue weighted by Crippen LogP contribution is 2.30. The number of amides is 1. The maximum Gasteiger partial charge on any atom is 0.254 e. The van der Waals surface area contributed by atoms with Crippen LogP contribution in [0.3, 0.4) is 0 Å². The SMILES string of the molecule is CCOc1cc(C(=O)N(C)Cc2cccc(Cl)c2Cl)ccc1OCc1ccncc1. The Morgan fingerprint density at radius 2 is 1.80 bits per heavy atom. The number of ether oxygens (including phenoxy) is 2. The Morgan fingerprint density at radius 1 is 1.03 bits per heavy atom. The molecule has 156 valence electrons. The summed E-state index contributed by atoms with van der Waals surface area (Å²) in [4.78, 5) is 18.5. The predicted octanol–water partition coefficient (Wildman–Crippen LogP) is 5.64. The lowest BCUT2D eigenvalue weighted by molar-refractivity contribution is 0.0784. The van der Waals surface area contributed by atoms with Crippen LogP contribution in [0.4, 0.5) is 0 Å². The van der Waals surface area contributed by atoms with Crippen LogP contribution in [-0.4, -0.2) is 29.4 Å². The van der Waals surface area contributed by atoms with Gasteiger partial charge in [0, 0.05) is 31.5 Å². The van der Waals surface area contributed by atoms with Crippen LogP contribution in [0.5, 0.6) is 11.5 Å². The minimum Gasteiger partial charge on any atom is -0.490 e. The van der Waals surface area contributed by atoms with E-state index in [0.29, 0.717) is 46.9 Å². The van der Waals surface area contributed by atoms with Crippen LogP contribution in [0.1, 0.15) is 28.4 Å². The number of halogens is 2. The van der Waals surface area contributed by atoms with Crippen molar-refractivity contribution in [2.75, 3.05) is 13.7 Å². The van der Waals surface area contributed by atoms with Gasteiger partial charge in [-0.15, -0.1) is 0 Å². The number of hydrogen-bond acceptors (Lipinski definition) is 4. The van der Waals surface area contributed by atoms with Gasteiger partial charge in [-0.3, -0.25) is 9.78 Å². The molecular formula is C23H22Cl2N2O3. The van der Waals surface area contributed by atoms with Gasteiger partial charge in [0.05, 0.1) is 16.7 Å². The lowest BCUT2D eigenvalue weighted by atomic mass is 10.1. The lowest BCUT2D eigenvalue weighted by Crippen LogP contribution is -2.26. The fourth-order valence-corrected chi connectivity index (χ4v) is 3.27. The van der Waals surface area contributed by atoms with Crippen molar-refractivity contribution in [1.29, 1.82) is 0 Å². The van der Waals surface area contributed by atoms with Gasteiger partial charge < -0.3 is 14.4 Å². The third-order valence-corrected chi connectivity index (χ3v) is 5.28. The predicted molar refractivity (Wildman–Crippen MR) is 118 cm³/mol. The molecule has 2 aromatic carbocycles. The molecule has 0 radical (unpaired) electrons. The van der Waals surface area contributed by atoms with Crippen molar-refractivity contribution in [3.63, 3.8) is 0 Å². The average molecular weight is 445 g/mol. The van der Waals surface area contributed by atoms with E-state index in [1.807, 2.05) is 31.2 Å². The van der Waals surface area contributed by atoms with Crippen LogP contribution in [0.15, 0.2) is 60.9 Å². The molecule has 0 saturated carbocycles. The van der Waals surface area contributed by atoms with Crippen molar-refractivity contribution in [1.82, 2.24) is 9.88 Å². The maximum atomic E-state index is 12.9. The first-order chi connectivity index (χ1) is 14.5. The molecule has 0 N–H and O–H groups in total. The Balaban J connectivity index is 1.75. The summed E-state index contributed by atoms with van der Waals surface area (Å²) in [6.45, 7) is 3.05. The first kappa shape index (κ1) is 21.9. The summed E-state index contributed by atoms with van der Waals surface area (Å²) in [5.41, 5.74) is 2.27. The first-order valence-electron chi connectivity index (χ1n) is 9.46. The minimum atomic E-state index is -0.160. The van der Waals surface area contributed by atoms with Crippen LogP contribution in [0, 0.1) is 0 Å². The van der Waals surface area contributed by atoms with Crippen LogP contribution in [-0.2, 0) is 13.2 Å². The number of rotatable bonds is 8. The van der Waals surface area contributed by atoms with Crippen LogP contribution >= 0.6 is 23.2 Å². The van der Waals surface area contributed by atoms with Gasteiger partial charge in [0.2, 0.25) is 0 Å². The van der Waals surface area contributed by atoms with E-state index in [1.54, 1.807) is 48.6 Å². The monoisotopic (exact) mass is 444 g/mol. The van der Waals surface area contributed by atoms with E-state index >= 15 is 0 Å². The number of benzene rings is 2. The van der Waals surface area contributed by atoms with Crippen molar-refractivity contribution in [3.05, 3.63) is 87.7 Å². The highest BCUT2D eigenvalue weighted by Gasteiger charge is 2.17. The average Bonchev–Trinajstić information content (AvgIpc) is 2.76. The number of carbonyl (C=O) groups excluding carboxylic acids is 1. The first-order valence-corrected chi connectivity index (χ1v) is 10.2. The summed E-state index contributed by atoms with van der Waals surface area (Å²) in [5, 5.41) is 0.915. The Bertz CT molecular complexity index is 1010. The molecule has 0 spiro atoms. The van der Waals surface area contributed by atoms with E-state index in [-0.39, 0.29) is 5.91 Å². The zero-order valence-corrected chi connectivity index (χ0v) is 18.3. The molecule has 1 heterocycles. The Morgan fingerprint density at radius 3 is 2.53 bits per heavy atom. The van der Waals surface area contributed by atoms with Crippen molar-refractivity contribution in [2.45, 2.75) is 20.1 Å². The summed E-state index contributed by atoms with van der Waals surface area (Å²) >= 11 is 12.3. The number of nitrogens with zero attached hydrogens (tertiary/aromatic N) is 2. The molecule has 0 aliphatic heterocycles. The number of aromatic nitrogens is 1. The van der Waals surface area contributed by atoms with E-state index in [0.717, 1.165) is 11.1 Å². The van der Waals surface area contributed by atoms with E-state index in [1.165, 1.54) is 0 Å². The van der Waals surface area contributed by atoms with Crippen LogP contribution in [0.25, 0.3) is 0 Å². The van der Waals surface area contributed by atoms with Crippen LogP contribution < -0.4 is 9.47 Å². The van der Waals surface area contributed by atoms with Gasteiger partial charge in [-0.2, -0.15) is 0 Å². The molecule has 0 atom stereocenters. The molecule has 3 rings (SSSR count). The van der Waals surface area contributed by atoms with Gasteiger partial charge in [0.25, 0.3) is 5.91 Å². The molecule has 0 bridgehead atoms. The molecule has 7 heteroatoms. The fourth-order valence-electron chi connectivity index (χ4n) is 2.89. The molecule has 1 amide bonds. The third-order valence-electron chi connectivity index (χ3n) is 4.42. The molecular weight excluding hydrogens is 423 g/mol. The molecule has 5 nitrogen and oxygen atoms in total. The van der Waals surface area contributed by atoms with Gasteiger partial charge in [0.1, 0.15) is 6.61 Å². The number of carbonyl (C=O) groups is 1. The Kier molecular flexibility index (Phi) is 7.55. The summed E-state index contributed by atoms with van der Waals surface area (Å²) in [7, 11) is 1.72. The lowest BCUT2D eigenvalue weighted by Gasteiger charge is -2.19. The van der Waals surface area contributed by atoms with Gasteiger partial charge >= 0.3 is 0 Å². The van der Waals surface area contributed by atoms with Crippen molar-refractivity contribution < 1.29 is 14.3 Å². The van der Waals surface area contributed by atoms with Crippen molar-refractivity contribution in [2.24, 2.45) is 0 Å². The van der Waals surface area contributed by atoms with Crippen LogP contribution in [0.2, 0.25) is 10.0 Å². The molecule has 0 fully saturated rings. The van der Waals surface area contributed by atoms with Gasteiger partial charge in [-0.25, -0.2) is 0 Å². The van der Waals surface area contributed by atoms with Crippen molar-refractivity contribution in [3.8, 4) is 11.5 Å². The van der Waals surface area contributed by atoms with E-state index in [4.69, 9.17) is 32.7 Å². The molecule has 30 heavy (non-hydrogen) atoms. The largest absolute Gasteiger partial charge is 0.490 e. The Hall–Kier alpha value is -2.76. The molecule has 0 aliphatic carbocycles.